The van der Waals surface area contributed by atoms with Crippen molar-refractivity contribution in [2.45, 2.75) is 174 Å². The summed E-state index contributed by atoms with van der Waals surface area (Å²) in [5.41, 5.74) is 0. The second-order valence-corrected chi connectivity index (χ2v) is 10.2. The second-order valence-electron chi connectivity index (χ2n) is 10.2. The van der Waals surface area contributed by atoms with E-state index in [0.29, 0.717) is 0 Å². The van der Waals surface area contributed by atoms with Crippen LogP contribution in [-0.2, 0) is 0 Å². The van der Waals surface area contributed by atoms with E-state index in [4.69, 9.17) is 0 Å². The quantitative estimate of drug-likeness (QED) is 0.122. The molecule has 0 aliphatic carbocycles. The summed E-state index contributed by atoms with van der Waals surface area (Å²) in [4.78, 5) is 0. The van der Waals surface area contributed by atoms with Crippen molar-refractivity contribution in [3.63, 3.8) is 0 Å². The van der Waals surface area contributed by atoms with Crippen LogP contribution in [0.1, 0.15) is 174 Å². The first kappa shape index (κ1) is 30.0. The highest BCUT2D eigenvalue weighted by Crippen LogP contribution is 2.19. The molecule has 180 valence electrons. The third-order valence-electron chi connectivity index (χ3n) is 6.89. The summed E-state index contributed by atoms with van der Waals surface area (Å²) in [5.74, 6) is 0.958. The van der Waals surface area contributed by atoms with Gasteiger partial charge in [-0.05, 0) is 5.92 Å². The van der Waals surface area contributed by atoms with Gasteiger partial charge in [-0.15, -0.1) is 0 Å². The van der Waals surface area contributed by atoms with E-state index >= 15 is 0 Å². The minimum Gasteiger partial charge on any atom is -0.0625 e. The molecule has 0 nitrogen and oxygen atoms in total. The predicted octanol–water partition coefficient (Wildman–Crippen LogP) is 11.4. The minimum atomic E-state index is 0.958. The molecule has 30 heavy (non-hydrogen) atoms. The molecule has 2 radical (unpaired) electrons. The van der Waals surface area contributed by atoms with Gasteiger partial charge in [0.2, 0.25) is 0 Å². The van der Waals surface area contributed by atoms with Crippen molar-refractivity contribution >= 4 is 0 Å². The molecular formula is C30H60. The fourth-order valence-electron chi connectivity index (χ4n) is 4.67. The van der Waals surface area contributed by atoms with Crippen molar-refractivity contribution in [3.05, 3.63) is 13.8 Å². The largest absolute Gasteiger partial charge is 0.0625 e. The Morgan fingerprint density at radius 2 is 0.533 bits per heavy atom. The predicted molar refractivity (Wildman–Crippen MR) is 140 cm³/mol. The molecule has 0 saturated carbocycles. The van der Waals surface area contributed by atoms with Gasteiger partial charge in [-0.1, -0.05) is 188 Å². The van der Waals surface area contributed by atoms with Crippen molar-refractivity contribution in [1.29, 1.82) is 0 Å². The van der Waals surface area contributed by atoms with E-state index in [9.17, 15) is 0 Å². The first-order chi connectivity index (χ1) is 14.8. The molecule has 0 amide bonds. The average Bonchev–Trinajstić information content (AvgIpc) is 2.75. The van der Waals surface area contributed by atoms with Gasteiger partial charge in [-0.2, -0.15) is 0 Å². The maximum absolute atomic E-state index is 3.92. The van der Waals surface area contributed by atoms with E-state index in [-0.39, 0.29) is 0 Å². The summed E-state index contributed by atoms with van der Waals surface area (Å²) in [5, 5.41) is 0. The Bertz CT molecular complexity index is 282. The molecule has 0 fully saturated rings. The summed E-state index contributed by atoms with van der Waals surface area (Å²) in [6.07, 6.45) is 37.1. The Balaban J connectivity index is 3.11. The number of unbranched alkanes of at least 4 members (excludes halogenated alkanes) is 22. The monoisotopic (exact) mass is 420 g/mol. The smallest absolute Gasteiger partial charge is 0.0443 e. The molecule has 0 rings (SSSR count). The molecule has 1 unspecified atom stereocenters. The van der Waals surface area contributed by atoms with Gasteiger partial charge in [0.05, 0.1) is 0 Å². The Kier molecular flexibility index (Phi) is 27.0. The number of rotatable bonds is 26. The molecule has 0 aliphatic rings. The standard InChI is InChI=1S/C30H60/c1-4-6-8-10-12-14-15-16-17-18-19-20-21-23-25-27-29-30(3)28-26-24-22-13-11-9-7-5-2/h30H,1-2,4-29H2,3H3. The second kappa shape index (κ2) is 27.0. The third kappa shape index (κ3) is 26.0. The SMILES string of the molecule is [CH2]CCCCCCCCCCCCCCCCCC(C)CCCCCCCCC[CH2]. The van der Waals surface area contributed by atoms with Crippen LogP contribution >= 0.6 is 0 Å². The molecule has 0 N–H and O–H groups in total. The zero-order valence-electron chi connectivity index (χ0n) is 21.4. The van der Waals surface area contributed by atoms with E-state index in [2.05, 4.69) is 20.8 Å². The first-order valence-corrected chi connectivity index (χ1v) is 14.4. The van der Waals surface area contributed by atoms with Gasteiger partial charge in [-0.3, -0.25) is 0 Å². The molecule has 0 saturated heterocycles. The van der Waals surface area contributed by atoms with Crippen LogP contribution in [-0.4, -0.2) is 0 Å². The van der Waals surface area contributed by atoms with Crippen LogP contribution in [0, 0.1) is 19.8 Å². The molecule has 0 spiro atoms. The van der Waals surface area contributed by atoms with Gasteiger partial charge in [-0.25, -0.2) is 0 Å². The zero-order valence-corrected chi connectivity index (χ0v) is 21.4. The first-order valence-electron chi connectivity index (χ1n) is 14.4. The van der Waals surface area contributed by atoms with Gasteiger partial charge in [0, 0.05) is 0 Å². The average molecular weight is 421 g/mol. The van der Waals surface area contributed by atoms with Gasteiger partial charge in [0.25, 0.3) is 0 Å². The number of hydrogen-bond acceptors (Lipinski definition) is 0. The molecule has 0 heteroatoms. The lowest BCUT2D eigenvalue weighted by Crippen LogP contribution is -1.95. The molecule has 1 atom stereocenters. The molecule has 0 aromatic heterocycles. The highest BCUT2D eigenvalue weighted by Gasteiger charge is 2.02. The Morgan fingerprint density at radius 3 is 0.767 bits per heavy atom. The van der Waals surface area contributed by atoms with Gasteiger partial charge in [0.15, 0.2) is 0 Å². The maximum Gasteiger partial charge on any atom is -0.0443 e. The minimum absolute atomic E-state index is 0.958. The highest BCUT2D eigenvalue weighted by atomic mass is 14.1. The van der Waals surface area contributed by atoms with Crippen LogP contribution in [0.5, 0.6) is 0 Å². The molecule has 0 bridgehead atoms. The topological polar surface area (TPSA) is 0 Å². The summed E-state index contributed by atoms with van der Waals surface area (Å²) < 4.78 is 0. The Hall–Kier alpha value is 0. The summed E-state index contributed by atoms with van der Waals surface area (Å²) in [6.45, 7) is 10.3. The highest BCUT2D eigenvalue weighted by molar-refractivity contribution is 4.56. The lowest BCUT2D eigenvalue weighted by molar-refractivity contribution is 0.430. The van der Waals surface area contributed by atoms with Crippen LogP contribution < -0.4 is 0 Å². The molecule has 0 aliphatic heterocycles. The van der Waals surface area contributed by atoms with Crippen LogP contribution in [0.3, 0.4) is 0 Å². The van der Waals surface area contributed by atoms with Crippen LogP contribution in [0.15, 0.2) is 0 Å². The fraction of sp³-hybridized carbons (Fsp3) is 0.933. The van der Waals surface area contributed by atoms with Gasteiger partial charge >= 0.3 is 0 Å². The van der Waals surface area contributed by atoms with Crippen LogP contribution in [0.25, 0.3) is 0 Å². The normalized spacial score (nSPS) is 12.5. The summed E-state index contributed by atoms with van der Waals surface area (Å²) in [7, 11) is 0. The van der Waals surface area contributed by atoms with Crippen molar-refractivity contribution in [3.8, 4) is 0 Å². The lowest BCUT2D eigenvalue weighted by Gasteiger charge is -2.11. The van der Waals surface area contributed by atoms with Gasteiger partial charge < -0.3 is 0 Å². The summed E-state index contributed by atoms with van der Waals surface area (Å²) in [6, 6.07) is 0. The number of hydrogen-bond donors (Lipinski definition) is 0. The van der Waals surface area contributed by atoms with Crippen molar-refractivity contribution < 1.29 is 0 Å². The van der Waals surface area contributed by atoms with E-state index in [1.165, 1.54) is 154 Å². The van der Waals surface area contributed by atoms with E-state index in [1.807, 2.05) is 0 Å². The molecule has 0 aromatic carbocycles. The van der Waals surface area contributed by atoms with E-state index < -0.39 is 0 Å². The molecular weight excluding hydrogens is 360 g/mol. The van der Waals surface area contributed by atoms with Crippen LogP contribution in [0.2, 0.25) is 0 Å². The van der Waals surface area contributed by atoms with Crippen molar-refractivity contribution in [2.75, 3.05) is 0 Å². The molecule has 0 heterocycles. The maximum atomic E-state index is 3.92. The zero-order chi connectivity index (χ0) is 22.0. The third-order valence-corrected chi connectivity index (χ3v) is 6.89. The van der Waals surface area contributed by atoms with Crippen molar-refractivity contribution in [2.24, 2.45) is 5.92 Å². The van der Waals surface area contributed by atoms with Gasteiger partial charge in [0.1, 0.15) is 0 Å². The summed E-state index contributed by atoms with van der Waals surface area (Å²) >= 11 is 0. The van der Waals surface area contributed by atoms with E-state index in [0.717, 1.165) is 18.8 Å². The van der Waals surface area contributed by atoms with Crippen molar-refractivity contribution in [1.82, 2.24) is 0 Å². The Morgan fingerprint density at radius 1 is 0.333 bits per heavy atom. The Labute approximate surface area is 193 Å². The fourth-order valence-corrected chi connectivity index (χ4v) is 4.67. The molecule has 0 aromatic rings. The lowest BCUT2D eigenvalue weighted by atomic mass is 9.95. The van der Waals surface area contributed by atoms with E-state index in [1.54, 1.807) is 0 Å². The van der Waals surface area contributed by atoms with Crippen LogP contribution in [0.4, 0.5) is 0 Å².